The van der Waals surface area contributed by atoms with Crippen molar-refractivity contribution >= 4 is 15.8 Å². The highest BCUT2D eigenvalue weighted by molar-refractivity contribution is 7.89. The first kappa shape index (κ1) is 15.3. The monoisotopic (exact) mass is 297 g/mol. The van der Waals surface area contributed by atoms with E-state index in [-0.39, 0.29) is 10.9 Å². The quantitative estimate of drug-likeness (QED) is 0.927. The van der Waals surface area contributed by atoms with Gasteiger partial charge in [0.25, 0.3) is 0 Å². The molecule has 0 amide bonds. The van der Waals surface area contributed by atoms with Crippen molar-refractivity contribution < 1.29 is 8.42 Å². The average Bonchev–Trinajstić information content (AvgIpc) is 2.73. The van der Waals surface area contributed by atoms with Crippen molar-refractivity contribution in [1.29, 1.82) is 0 Å². The molecule has 2 heterocycles. The number of sulfonamides is 1. The highest BCUT2D eigenvalue weighted by Gasteiger charge is 2.31. The first-order chi connectivity index (χ1) is 9.59. The Morgan fingerprint density at radius 2 is 2.15 bits per heavy atom. The molecule has 1 atom stereocenters. The number of nitrogens with one attached hydrogen (secondary N) is 1. The molecule has 0 aromatic carbocycles. The number of hydrogen-bond donors (Lipinski definition) is 1. The summed E-state index contributed by atoms with van der Waals surface area (Å²) < 4.78 is 27.2. The Balaban J connectivity index is 2.30. The molecule has 6 heteroatoms. The van der Waals surface area contributed by atoms with E-state index in [0.29, 0.717) is 12.4 Å². The first-order valence-corrected chi connectivity index (χ1v) is 8.69. The predicted octanol–water partition coefficient (Wildman–Crippen LogP) is 2.47. The van der Waals surface area contributed by atoms with Crippen LogP contribution in [0.2, 0.25) is 0 Å². The van der Waals surface area contributed by atoms with Gasteiger partial charge in [-0.15, -0.1) is 0 Å². The number of pyridine rings is 1. The fraction of sp³-hybridized carbons (Fsp3) is 0.643. The standard InChI is InChI=1S/C14H23N3O2S/c1-3-12-7-5-4-6-10-17(12)20(18,19)13-8-9-14(15-2)16-11-13/h8-9,11-12H,3-7,10H2,1-2H3,(H,15,16). The van der Waals surface area contributed by atoms with Crippen LogP contribution in [0.4, 0.5) is 5.82 Å². The third-order valence-electron chi connectivity index (χ3n) is 3.89. The molecule has 1 N–H and O–H groups in total. The Morgan fingerprint density at radius 3 is 2.75 bits per heavy atom. The summed E-state index contributed by atoms with van der Waals surface area (Å²) in [6.07, 6.45) is 6.43. The van der Waals surface area contributed by atoms with Crippen LogP contribution in [0.25, 0.3) is 0 Å². The molecule has 0 saturated carbocycles. The average molecular weight is 297 g/mol. The van der Waals surface area contributed by atoms with E-state index in [9.17, 15) is 8.42 Å². The lowest BCUT2D eigenvalue weighted by molar-refractivity contribution is 0.315. The topological polar surface area (TPSA) is 62.3 Å². The van der Waals surface area contributed by atoms with E-state index < -0.39 is 10.0 Å². The van der Waals surface area contributed by atoms with Gasteiger partial charge in [-0.05, 0) is 31.4 Å². The Kier molecular flexibility index (Phi) is 4.99. The highest BCUT2D eigenvalue weighted by atomic mass is 32.2. The maximum atomic E-state index is 12.8. The van der Waals surface area contributed by atoms with Gasteiger partial charge in [-0.3, -0.25) is 0 Å². The Bertz CT molecular complexity index is 528. The molecule has 1 fully saturated rings. The molecule has 0 bridgehead atoms. The molecule has 1 aromatic heterocycles. The van der Waals surface area contributed by atoms with Crippen molar-refractivity contribution in [2.45, 2.75) is 50.0 Å². The molecular weight excluding hydrogens is 274 g/mol. The Morgan fingerprint density at radius 1 is 1.35 bits per heavy atom. The molecule has 0 radical (unpaired) electrons. The maximum absolute atomic E-state index is 12.8. The number of rotatable bonds is 4. The van der Waals surface area contributed by atoms with E-state index in [1.165, 1.54) is 6.20 Å². The van der Waals surface area contributed by atoms with E-state index in [0.717, 1.165) is 32.1 Å². The second-order valence-corrected chi connectivity index (χ2v) is 7.05. The molecule has 0 aliphatic carbocycles. The minimum atomic E-state index is -3.43. The molecule has 1 aliphatic rings. The fourth-order valence-electron chi connectivity index (χ4n) is 2.69. The van der Waals surface area contributed by atoms with Crippen LogP contribution in [0, 0.1) is 0 Å². The second kappa shape index (κ2) is 6.54. The minimum Gasteiger partial charge on any atom is -0.373 e. The molecular formula is C14H23N3O2S. The van der Waals surface area contributed by atoms with Crippen molar-refractivity contribution in [3.05, 3.63) is 18.3 Å². The number of nitrogens with zero attached hydrogens (tertiary/aromatic N) is 2. The Labute approximate surface area is 121 Å². The van der Waals surface area contributed by atoms with Gasteiger partial charge in [0, 0.05) is 25.8 Å². The fourth-order valence-corrected chi connectivity index (χ4v) is 4.40. The van der Waals surface area contributed by atoms with Crippen LogP contribution in [0.3, 0.4) is 0 Å². The van der Waals surface area contributed by atoms with Gasteiger partial charge in [0.2, 0.25) is 10.0 Å². The molecule has 1 unspecified atom stereocenters. The van der Waals surface area contributed by atoms with Gasteiger partial charge >= 0.3 is 0 Å². The van der Waals surface area contributed by atoms with Crippen LogP contribution in [0.15, 0.2) is 23.2 Å². The predicted molar refractivity (Wildman–Crippen MR) is 80.2 cm³/mol. The largest absolute Gasteiger partial charge is 0.373 e. The van der Waals surface area contributed by atoms with Gasteiger partial charge in [-0.2, -0.15) is 4.31 Å². The van der Waals surface area contributed by atoms with Gasteiger partial charge in [-0.25, -0.2) is 13.4 Å². The van der Waals surface area contributed by atoms with Crippen LogP contribution in [-0.4, -0.2) is 37.3 Å². The van der Waals surface area contributed by atoms with Gasteiger partial charge in [0.1, 0.15) is 10.7 Å². The summed E-state index contributed by atoms with van der Waals surface area (Å²) in [5.41, 5.74) is 0. The zero-order valence-corrected chi connectivity index (χ0v) is 13.0. The van der Waals surface area contributed by atoms with Crippen LogP contribution >= 0.6 is 0 Å². The van der Waals surface area contributed by atoms with E-state index in [1.54, 1.807) is 23.5 Å². The lowest BCUT2D eigenvalue weighted by Crippen LogP contribution is -2.39. The number of anilines is 1. The van der Waals surface area contributed by atoms with Gasteiger partial charge in [0.05, 0.1) is 0 Å². The zero-order valence-electron chi connectivity index (χ0n) is 12.2. The van der Waals surface area contributed by atoms with Crippen LogP contribution in [0.5, 0.6) is 0 Å². The molecule has 0 spiro atoms. The maximum Gasteiger partial charge on any atom is 0.244 e. The molecule has 1 saturated heterocycles. The van der Waals surface area contributed by atoms with Crippen molar-refractivity contribution in [1.82, 2.24) is 9.29 Å². The van der Waals surface area contributed by atoms with Crippen LogP contribution in [0.1, 0.15) is 39.0 Å². The zero-order chi connectivity index (χ0) is 14.6. The van der Waals surface area contributed by atoms with Crippen molar-refractivity contribution in [3.63, 3.8) is 0 Å². The summed E-state index contributed by atoms with van der Waals surface area (Å²) in [6, 6.07) is 3.45. The van der Waals surface area contributed by atoms with Crippen molar-refractivity contribution in [2.24, 2.45) is 0 Å². The molecule has 5 nitrogen and oxygen atoms in total. The van der Waals surface area contributed by atoms with Crippen LogP contribution in [-0.2, 0) is 10.0 Å². The molecule has 1 aromatic rings. The third-order valence-corrected chi connectivity index (χ3v) is 5.83. The summed E-state index contributed by atoms with van der Waals surface area (Å²) in [6.45, 7) is 2.68. The van der Waals surface area contributed by atoms with E-state index in [2.05, 4.69) is 17.2 Å². The molecule has 112 valence electrons. The van der Waals surface area contributed by atoms with Crippen molar-refractivity contribution in [3.8, 4) is 0 Å². The summed E-state index contributed by atoms with van der Waals surface area (Å²) in [5, 5.41) is 2.90. The lowest BCUT2D eigenvalue weighted by atomic mass is 10.1. The molecule has 2 rings (SSSR count). The molecule has 1 aliphatic heterocycles. The van der Waals surface area contributed by atoms with E-state index >= 15 is 0 Å². The van der Waals surface area contributed by atoms with Gasteiger partial charge < -0.3 is 5.32 Å². The summed E-state index contributed by atoms with van der Waals surface area (Å²) >= 11 is 0. The SMILES string of the molecule is CCC1CCCCCN1S(=O)(=O)c1ccc(NC)nc1. The summed E-state index contributed by atoms with van der Waals surface area (Å²) in [7, 11) is -1.67. The highest BCUT2D eigenvalue weighted by Crippen LogP contribution is 2.26. The van der Waals surface area contributed by atoms with Gasteiger partial charge in [-0.1, -0.05) is 19.8 Å². The number of aromatic nitrogens is 1. The van der Waals surface area contributed by atoms with Crippen molar-refractivity contribution in [2.75, 3.05) is 18.9 Å². The first-order valence-electron chi connectivity index (χ1n) is 7.25. The summed E-state index contributed by atoms with van der Waals surface area (Å²) in [4.78, 5) is 4.40. The lowest BCUT2D eigenvalue weighted by Gasteiger charge is -2.28. The normalized spacial score (nSPS) is 21.4. The Hall–Kier alpha value is -1.14. The smallest absolute Gasteiger partial charge is 0.244 e. The van der Waals surface area contributed by atoms with E-state index in [1.807, 2.05) is 0 Å². The molecule has 20 heavy (non-hydrogen) atoms. The number of hydrogen-bond acceptors (Lipinski definition) is 4. The third kappa shape index (κ3) is 3.12. The van der Waals surface area contributed by atoms with E-state index in [4.69, 9.17) is 0 Å². The van der Waals surface area contributed by atoms with Gasteiger partial charge in [0.15, 0.2) is 0 Å². The summed E-state index contributed by atoms with van der Waals surface area (Å²) in [5.74, 6) is 0.673. The minimum absolute atomic E-state index is 0.117. The van der Waals surface area contributed by atoms with Crippen LogP contribution < -0.4 is 5.32 Å². The second-order valence-electron chi connectivity index (χ2n) is 5.16.